The van der Waals surface area contributed by atoms with Crippen LogP contribution in [-0.2, 0) is 0 Å². The van der Waals surface area contributed by atoms with E-state index in [1.807, 2.05) is 37.3 Å². The molecule has 0 spiro atoms. The molecule has 1 aliphatic heterocycles. The van der Waals surface area contributed by atoms with E-state index in [-0.39, 0.29) is 11.5 Å². The molecule has 7 nitrogen and oxygen atoms in total. The van der Waals surface area contributed by atoms with Gasteiger partial charge in [-0.3, -0.25) is 9.80 Å². The van der Waals surface area contributed by atoms with Crippen LogP contribution in [-0.4, -0.2) is 35.6 Å². The monoisotopic (exact) mass is 435 g/mol. The van der Waals surface area contributed by atoms with Crippen molar-refractivity contribution < 1.29 is 9.32 Å². The number of hydrogen-bond acceptors (Lipinski definition) is 8. The van der Waals surface area contributed by atoms with Gasteiger partial charge in [0.25, 0.3) is 0 Å². The van der Waals surface area contributed by atoms with Crippen molar-refractivity contribution in [3.63, 3.8) is 0 Å². The SMILES string of the molecule is CCN(c1sc(C(=O)c2c(-c3ccccc3)noc2C)c(N)c1C#N)N1CCCCC1. The van der Waals surface area contributed by atoms with Crippen molar-refractivity contribution in [3.05, 3.63) is 52.1 Å². The number of carbonyl (C=O) groups excluding carboxylic acids is 1. The van der Waals surface area contributed by atoms with Crippen LogP contribution in [0.3, 0.4) is 0 Å². The third-order valence-electron chi connectivity index (χ3n) is 5.59. The average Bonchev–Trinajstić information content (AvgIpc) is 3.35. The smallest absolute Gasteiger partial charge is 0.211 e. The number of thiophene rings is 1. The van der Waals surface area contributed by atoms with E-state index < -0.39 is 0 Å². The van der Waals surface area contributed by atoms with Crippen molar-refractivity contribution in [1.29, 1.82) is 5.26 Å². The Morgan fingerprint density at radius 3 is 2.65 bits per heavy atom. The molecule has 0 radical (unpaired) electrons. The first-order chi connectivity index (χ1) is 15.1. The molecule has 1 fully saturated rings. The molecule has 0 amide bonds. The van der Waals surface area contributed by atoms with Gasteiger partial charge < -0.3 is 10.3 Å². The summed E-state index contributed by atoms with van der Waals surface area (Å²) in [5.74, 6) is 0.164. The lowest BCUT2D eigenvalue weighted by Gasteiger charge is -2.37. The number of hydrogen-bond donors (Lipinski definition) is 1. The minimum atomic E-state index is -0.266. The number of aromatic nitrogens is 1. The van der Waals surface area contributed by atoms with Crippen LogP contribution < -0.4 is 10.7 Å². The molecule has 3 heterocycles. The Labute approximate surface area is 185 Å². The van der Waals surface area contributed by atoms with Crippen LogP contribution in [0.4, 0.5) is 10.7 Å². The van der Waals surface area contributed by atoms with Crippen LogP contribution in [0.2, 0.25) is 0 Å². The normalized spacial score (nSPS) is 14.4. The van der Waals surface area contributed by atoms with Gasteiger partial charge in [-0.15, -0.1) is 11.3 Å². The highest BCUT2D eigenvalue weighted by Crippen LogP contribution is 2.41. The number of nitrogen functional groups attached to an aromatic ring is 1. The summed E-state index contributed by atoms with van der Waals surface area (Å²) in [6.07, 6.45) is 3.45. The fourth-order valence-corrected chi connectivity index (χ4v) is 5.23. The first-order valence-electron chi connectivity index (χ1n) is 10.5. The van der Waals surface area contributed by atoms with Crippen molar-refractivity contribution in [2.24, 2.45) is 0 Å². The zero-order chi connectivity index (χ0) is 22.0. The van der Waals surface area contributed by atoms with Crippen molar-refractivity contribution >= 4 is 27.8 Å². The van der Waals surface area contributed by atoms with Gasteiger partial charge in [0.1, 0.15) is 33.0 Å². The van der Waals surface area contributed by atoms with E-state index in [1.54, 1.807) is 6.92 Å². The van der Waals surface area contributed by atoms with Gasteiger partial charge in [0.2, 0.25) is 5.78 Å². The average molecular weight is 436 g/mol. The Bertz CT molecular complexity index is 1120. The summed E-state index contributed by atoms with van der Waals surface area (Å²) in [4.78, 5) is 14.0. The molecule has 1 aromatic carbocycles. The van der Waals surface area contributed by atoms with Gasteiger partial charge in [-0.25, -0.2) is 5.01 Å². The molecule has 0 saturated carbocycles. The highest BCUT2D eigenvalue weighted by Gasteiger charge is 2.31. The summed E-state index contributed by atoms with van der Waals surface area (Å²) in [5.41, 5.74) is 8.60. The summed E-state index contributed by atoms with van der Waals surface area (Å²) in [6, 6.07) is 11.7. The number of hydrazine groups is 1. The highest BCUT2D eigenvalue weighted by molar-refractivity contribution is 7.19. The molecule has 0 bridgehead atoms. The maximum absolute atomic E-state index is 13.6. The van der Waals surface area contributed by atoms with Crippen molar-refractivity contribution in [2.75, 3.05) is 30.4 Å². The van der Waals surface area contributed by atoms with Gasteiger partial charge in [-0.05, 0) is 26.7 Å². The van der Waals surface area contributed by atoms with Crippen LogP contribution in [0.25, 0.3) is 11.3 Å². The number of carbonyl (C=O) groups is 1. The Balaban J connectivity index is 1.77. The molecule has 8 heteroatoms. The van der Waals surface area contributed by atoms with Crippen LogP contribution in [0.5, 0.6) is 0 Å². The highest BCUT2D eigenvalue weighted by atomic mass is 32.1. The van der Waals surface area contributed by atoms with Gasteiger partial charge >= 0.3 is 0 Å². The zero-order valence-corrected chi connectivity index (χ0v) is 18.5. The molecule has 160 valence electrons. The van der Waals surface area contributed by atoms with Gasteiger partial charge in [-0.1, -0.05) is 41.9 Å². The molecule has 0 unspecified atom stereocenters. The van der Waals surface area contributed by atoms with E-state index in [0.29, 0.717) is 34.0 Å². The second-order valence-corrected chi connectivity index (χ2v) is 8.52. The van der Waals surface area contributed by atoms with Crippen molar-refractivity contribution in [1.82, 2.24) is 10.2 Å². The van der Waals surface area contributed by atoms with Crippen LogP contribution in [0, 0.1) is 18.3 Å². The molecular weight excluding hydrogens is 410 g/mol. The Hall–Kier alpha value is -3.15. The second-order valence-electron chi connectivity index (χ2n) is 7.52. The Kier molecular flexibility index (Phi) is 6.07. The molecule has 2 N–H and O–H groups in total. The van der Waals surface area contributed by atoms with E-state index in [2.05, 4.69) is 21.2 Å². The zero-order valence-electron chi connectivity index (χ0n) is 17.7. The molecule has 31 heavy (non-hydrogen) atoms. The van der Waals surface area contributed by atoms with Gasteiger partial charge in [0, 0.05) is 25.2 Å². The summed E-state index contributed by atoms with van der Waals surface area (Å²) in [7, 11) is 0. The largest absolute Gasteiger partial charge is 0.396 e. The number of rotatable bonds is 6. The fraction of sp³-hybridized carbons (Fsp3) is 0.348. The predicted octanol–water partition coefficient (Wildman–Crippen LogP) is 4.62. The molecule has 2 aromatic heterocycles. The standard InChI is InChI=1S/C23H25N5O2S/c1-3-28(27-12-8-5-9-13-27)23-17(14-24)19(25)22(31-23)21(29)18-15(2)30-26-20(18)16-10-6-4-7-11-16/h4,6-7,10-11H,3,5,8-9,12-13,25H2,1-2H3. The number of nitrogens with two attached hydrogens (primary N) is 1. The van der Waals surface area contributed by atoms with Crippen LogP contribution >= 0.6 is 11.3 Å². The first-order valence-corrected chi connectivity index (χ1v) is 11.3. The quantitative estimate of drug-likeness (QED) is 0.564. The Morgan fingerprint density at radius 1 is 1.29 bits per heavy atom. The number of ketones is 1. The number of aryl methyl sites for hydroxylation is 1. The van der Waals surface area contributed by atoms with E-state index >= 15 is 0 Å². The van der Waals surface area contributed by atoms with Gasteiger partial charge in [0.15, 0.2) is 0 Å². The van der Waals surface area contributed by atoms with Crippen molar-refractivity contribution in [2.45, 2.75) is 33.1 Å². The summed E-state index contributed by atoms with van der Waals surface area (Å²) in [6.45, 7) is 6.33. The first kappa shape index (κ1) is 21.1. The summed E-state index contributed by atoms with van der Waals surface area (Å²) < 4.78 is 5.37. The predicted molar refractivity (Wildman–Crippen MR) is 122 cm³/mol. The van der Waals surface area contributed by atoms with E-state index in [1.165, 1.54) is 17.8 Å². The lowest BCUT2D eigenvalue weighted by atomic mass is 10.0. The Morgan fingerprint density at radius 2 is 2.00 bits per heavy atom. The summed E-state index contributed by atoms with van der Waals surface area (Å²) in [5, 5.41) is 19.0. The third kappa shape index (κ3) is 3.82. The van der Waals surface area contributed by atoms with E-state index in [0.717, 1.165) is 36.5 Å². The number of benzene rings is 1. The van der Waals surface area contributed by atoms with Gasteiger partial charge in [0.05, 0.1) is 11.3 Å². The van der Waals surface area contributed by atoms with Gasteiger partial charge in [-0.2, -0.15) is 5.26 Å². The topological polar surface area (TPSA) is 99.4 Å². The van der Waals surface area contributed by atoms with Crippen LogP contribution in [0.15, 0.2) is 34.9 Å². The number of anilines is 2. The molecule has 0 aliphatic carbocycles. The maximum Gasteiger partial charge on any atom is 0.211 e. The molecule has 1 saturated heterocycles. The summed E-state index contributed by atoms with van der Waals surface area (Å²) >= 11 is 1.27. The lowest BCUT2D eigenvalue weighted by molar-refractivity contribution is 0.104. The lowest BCUT2D eigenvalue weighted by Crippen LogP contribution is -2.45. The molecule has 1 aliphatic rings. The van der Waals surface area contributed by atoms with Crippen LogP contribution in [0.1, 0.15) is 52.7 Å². The number of piperidine rings is 1. The van der Waals surface area contributed by atoms with E-state index in [4.69, 9.17) is 10.3 Å². The molecule has 3 aromatic rings. The number of nitrogens with zero attached hydrogens (tertiary/aromatic N) is 4. The molecular formula is C23H25N5O2S. The molecule has 4 rings (SSSR count). The molecule has 0 atom stereocenters. The maximum atomic E-state index is 13.6. The van der Waals surface area contributed by atoms with Crippen molar-refractivity contribution in [3.8, 4) is 17.3 Å². The van der Waals surface area contributed by atoms with E-state index in [9.17, 15) is 10.1 Å². The minimum Gasteiger partial charge on any atom is -0.396 e. The third-order valence-corrected chi connectivity index (χ3v) is 6.81. The second kappa shape index (κ2) is 8.92. The minimum absolute atomic E-state index is 0.225. The number of nitriles is 1. The fourth-order valence-electron chi connectivity index (χ4n) is 4.03.